The number of allylic oxidation sites excluding steroid dienone is 1. The van der Waals surface area contributed by atoms with Gasteiger partial charge in [-0.05, 0) is 137 Å². The van der Waals surface area contributed by atoms with Crippen molar-refractivity contribution in [3.05, 3.63) is 42.0 Å². The van der Waals surface area contributed by atoms with Crippen molar-refractivity contribution in [2.45, 2.75) is 144 Å². The number of alkyl halides is 2. The first kappa shape index (κ1) is 32.6. The standard InChI is InChI=1S/C37H54F2O4S/c1-4-35(40)17-15-29-26(23-35)10-11-31-30(29)14-16-34(3)32(12-13-33(31)34)25(2)22-28(44(42,43)27-8-6-5-7-9-27)24-36(41)18-20-37(38,39)21-19-36/h5-10,25,28-33,40-41H,4,11-24H2,1-3H3/t25-,28?,29+,30-,31-,32-,33+,34-,35+/m1/s1. The molecule has 4 saturated carbocycles. The highest BCUT2D eigenvalue weighted by Crippen LogP contribution is 2.65. The van der Waals surface area contributed by atoms with Crippen LogP contribution in [0.4, 0.5) is 8.78 Å². The van der Waals surface area contributed by atoms with Crippen LogP contribution in [0, 0.1) is 40.9 Å². The Balaban J connectivity index is 1.21. The van der Waals surface area contributed by atoms with Crippen LogP contribution < -0.4 is 0 Å². The molecule has 0 saturated heterocycles. The molecule has 44 heavy (non-hydrogen) atoms. The quantitative estimate of drug-likeness (QED) is 0.282. The van der Waals surface area contributed by atoms with Crippen molar-refractivity contribution in [3.8, 4) is 0 Å². The van der Waals surface area contributed by atoms with Crippen molar-refractivity contribution < 1.29 is 27.4 Å². The Morgan fingerprint density at radius 3 is 2.30 bits per heavy atom. The number of halogens is 2. The van der Waals surface area contributed by atoms with Crippen molar-refractivity contribution >= 4 is 9.84 Å². The molecule has 4 nitrogen and oxygen atoms in total. The molecule has 2 N–H and O–H groups in total. The van der Waals surface area contributed by atoms with Crippen molar-refractivity contribution in [3.63, 3.8) is 0 Å². The van der Waals surface area contributed by atoms with Gasteiger partial charge in [0.1, 0.15) is 0 Å². The molecule has 1 aromatic carbocycles. The first-order chi connectivity index (χ1) is 20.7. The topological polar surface area (TPSA) is 74.6 Å². The summed E-state index contributed by atoms with van der Waals surface area (Å²) in [4.78, 5) is 0.255. The predicted molar refractivity (Wildman–Crippen MR) is 170 cm³/mol. The third kappa shape index (κ3) is 5.96. The molecule has 5 aliphatic carbocycles. The van der Waals surface area contributed by atoms with E-state index < -0.39 is 45.1 Å². The van der Waals surface area contributed by atoms with Crippen LogP contribution in [0.5, 0.6) is 0 Å². The lowest BCUT2D eigenvalue weighted by molar-refractivity contribution is -0.107. The van der Waals surface area contributed by atoms with Gasteiger partial charge < -0.3 is 10.2 Å². The maximum absolute atomic E-state index is 14.1. The molecule has 9 atom stereocenters. The number of rotatable bonds is 8. The van der Waals surface area contributed by atoms with E-state index in [9.17, 15) is 27.4 Å². The van der Waals surface area contributed by atoms with Crippen LogP contribution in [-0.2, 0) is 9.84 Å². The van der Waals surface area contributed by atoms with Crippen LogP contribution in [0.2, 0.25) is 0 Å². The molecule has 0 spiro atoms. The minimum absolute atomic E-state index is 0.0154. The summed E-state index contributed by atoms with van der Waals surface area (Å²) in [5, 5.41) is 21.7. The average Bonchev–Trinajstić information content (AvgIpc) is 3.36. The molecule has 246 valence electrons. The second kappa shape index (κ2) is 11.7. The fraction of sp³-hybridized carbons (Fsp3) is 0.784. The Morgan fingerprint density at radius 1 is 0.909 bits per heavy atom. The van der Waals surface area contributed by atoms with Gasteiger partial charge in [0.2, 0.25) is 5.92 Å². The largest absolute Gasteiger partial charge is 0.390 e. The maximum Gasteiger partial charge on any atom is 0.248 e. The third-order valence-electron chi connectivity index (χ3n) is 13.7. The van der Waals surface area contributed by atoms with Gasteiger partial charge in [-0.3, -0.25) is 0 Å². The lowest BCUT2D eigenvalue weighted by Crippen LogP contribution is -2.48. The zero-order valence-electron chi connectivity index (χ0n) is 27.0. The number of benzene rings is 1. The third-order valence-corrected chi connectivity index (χ3v) is 15.8. The summed E-state index contributed by atoms with van der Waals surface area (Å²) in [7, 11) is -3.76. The van der Waals surface area contributed by atoms with E-state index in [1.807, 2.05) is 0 Å². The van der Waals surface area contributed by atoms with Crippen LogP contribution in [0.3, 0.4) is 0 Å². The molecule has 0 heterocycles. The van der Waals surface area contributed by atoms with Crippen LogP contribution in [0.15, 0.2) is 46.9 Å². The molecule has 5 aliphatic rings. The number of aliphatic hydroxyl groups is 2. The summed E-state index contributed by atoms with van der Waals surface area (Å²) in [6.07, 6.45) is 11.4. The molecule has 0 aromatic heterocycles. The summed E-state index contributed by atoms with van der Waals surface area (Å²) < 4.78 is 56.2. The Bertz CT molecular complexity index is 1320. The van der Waals surface area contributed by atoms with Crippen molar-refractivity contribution in [2.24, 2.45) is 40.9 Å². The first-order valence-electron chi connectivity index (χ1n) is 17.5. The van der Waals surface area contributed by atoms with E-state index in [2.05, 4.69) is 26.8 Å². The molecule has 0 amide bonds. The molecule has 0 bridgehead atoms. The van der Waals surface area contributed by atoms with Crippen LogP contribution in [0.1, 0.15) is 117 Å². The Kier molecular flexibility index (Phi) is 8.70. The SMILES string of the molecule is CC[C@]1(O)CC[C@H]2C(=CC[C@@H]3[C@@H]2CC[C@]2(C)[C@@H]([C@H](C)CC(CC4(O)CCC(F)(F)CC4)S(=O)(=O)c4ccccc4)CC[C@@H]32)C1. The molecule has 4 fully saturated rings. The van der Waals surface area contributed by atoms with E-state index in [1.54, 1.807) is 30.3 Å². The molecular weight excluding hydrogens is 578 g/mol. The number of sulfone groups is 1. The predicted octanol–water partition coefficient (Wildman–Crippen LogP) is 8.52. The molecule has 6 rings (SSSR count). The Labute approximate surface area is 264 Å². The Hall–Kier alpha value is -1.31. The normalized spacial score (nSPS) is 39.3. The van der Waals surface area contributed by atoms with Gasteiger partial charge in [0.25, 0.3) is 0 Å². The first-order valence-corrected chi connectivity index (χ1v) is 19.0. The van der Waals surface area contributed by atoms with E-state index in [1.165, 1.54) is 18.4 Å². The van der Waals surface area contributed by atoms with E-state index in [-0.39, 0.29) is 35.5 Å². The zero-order valence-corrected chi connectivity index (χ0v) is 27.8. The minimum atomic E-state index is -3.76. The van der Waals surface area contributed by atoms with Gasteiger partial charge in [0.15, 0.2) is 9.84 Å². The van der Waals surface area contributed by atoms with Gasteiger partial charge in [0.05, 0.1) is 21.3 Å². The van der Waals surface area contributed by atoms with Crippen LogP contribution in [-0.4, -0.2) is 41.0 Å². The maximum atomic E-state index is 14.1. The summed E-state index contributed by atoms with van der Waals surface area (Å²) in [5.74, 6) is 0.313. The molecule has 0 radical (unpaired) electrons. The zero-order chi connectivity index (χ0) is 31.5. The van der Waals surface area contributed by atoms with E-state index in [0.29, 0.717) is 36.0 Å². The van der Waals surface area contributed by atoms with Crippen LogP contribution >= 0.6 is 0 Å². The fourth-order valence-corrected chi connectivity index (χ4v) is 13.1. The van der Waals surface area contributed by atoms with E-state index >= 15 is 0 Å². The highest BCUT2D eigenvalue weighted by molar-refractivity contribution is 7.92. The molecule has 1 aromatic rings. The lowest BCUT2D eigenvalue weighted by atomic mass is 9.50. The Morgan fingerprint density at radius 2 is 1.61 bits per heavy atom. The van der Waals surface area contributed by atoms with Gasteiger partial charge in [0, 0.05) is 12.8 Å². The summed E-state index contributed by atoms with van der Waals surface area (Å²) in [5.41, 5.74) is -0.269. The van der Waals surface area contributed by atoms with E-state index in [0.717, 1.165) is 44.9 Å². The second-order valence-corrected chi connectivity index (χ2v) is 18.3. The molecule has 1 unspecified atom stereocenters. The van der Waals surface area contributed by atoms with Gasteiger partial charge in [-0.25, -0.2) is 17.2 Å². The number of hydrogen-bond acceptors (Lipinski definition) is 4. The summed E-state index contributed by atoms with van der Waals surface area (Å²) in [6.45, 7) is 6.78. The summed E-state index contributed by atoms with van der Waals surface area (Å²) >= 11 is 0. The van der Waals surface area contributed by atoms with Gasteiger partial charge in [-0.15, -0.1) is 0 Å². The van der Waals surface area contributed by atoms with Crippen molar-refractivity contribution in [1.29, 1.82) is 0 Å². The number of hydrogen-bond donors (Lipinski definition) is 2. The monoisotopic (exact) mass is 632 g/mol. The minimum Gasteiger partial charge on any atom is -0.390 e. The second-order valence-electron chi connectivity index (χ2n) is 16.1. The van der Waals surface area contributed by atoms with Gasteiger partial charge in [-0.1, -0.05) is 50.6 Å². The molecule has 7 heteroatoms. The van der Waals surface area contributed by atoms with Gasteiger partial charge in [-0.2, -0.15) is 0 Å². The summed E-state index contributed by atoms with van der Waals surface area (Å²) in [6, 6.07) is 8.49. The highest BCUT2D eigenvalue weighted by atomic mass is 32.2. The molecule has 0 aliphatic heterocycles. The van der Waals surface area contributed by atoms with Crippen molar-refractivity contribution in [2.75, 3.05) is 0 Å². The van der Waals surface area contributed by atoms with Crippen molar-refractivity contribution in [1.82, 2.24) is 0 Å². The average molecular weight is 633 g/mol. The lowest BCUT2D eigenvalue weighted by Gasteiger charge is -2.55. The van der Waals surface area contributed by atoms with Crippen LogP contribution in [0.25, 0.3) is 0 Å². The highest BCUT2D eigenvalue weighted by Gasteiger charge is 2.57. The number of fused-ring (bicyclic) bond motifs is 5. The molecular formula is C37H54F2O4S. The van der Waals surface area contributed by atoms with Gasteiger partial charge >= 0.3 is 0 Å². The van der Waals surface area contributed by atoms with E-state index in [4.69, 9.17) is 0 Å². The smallest absolute Gasteiger partial charge is 0.248 e. The fourth-order valence-electron chi connectivity index (χ4n) is 11.1.